The minimum atomic E-state index is 0.407. The number of nitrogens with one attached hydrogen (secondary N) is 2. The molecule has 130 valence electrons. The quantitative estimate of drug-likeness (QED) is 0.477. The van der Waals surface area contributed by atoms with E-state index in [9.17, 15) is 0 Å². The molecule has 0 aliphatic carbocycles. The van der Waals surface area contributed by atoms with E-state index in [1.165, 1.54) is 0 Å². The third kappa shape index (κ3) is 4.40. The molecule has 3 rings (SSSR count). The van der Waals surface area contributed by atoms with E-state index >= 15 is 0 Å². The minimum Gasteiger partial charge on any atom is -0.304 e. The Labute approximate surface area is 163 Å². The van der Waals surface area contributed by atoms with Crippen molar-refractivity contribution in [3.8, 4) is 0 Å². The third-order valence-electron chi connectivity index (χ3n) is 4.15. The zero-order valence-electron chi connectivity index (χ0n) is 14.1. The fraction of sp³-hybridized carbons (Fsp3) is 0.0909. The van der Waals surface area contributed by atoms with Crippen LogP contribution in [-0.2, 0) is 12.8 Å². The lowest BCUT2D eigenvalue weighted by molar-refractivity contribution is 1.26. The second-order valence-corrected chi connectivity index (χ2v) is 6.91. The molecule has 0 aromatic heterocycles. The summed E-state index contributed by atoms with van der Waals surface area (Å²) in [7, 11) is 0. The fourth-order valence-corrected chi connectivity index (χ4v) is 3.36. The molecule has 26 heavy (non-hydrogen) atoms. The summed E-state index contributed by atoms with van der Waals surface area (Å²) in [5.41, 5.74) is 4.12. The van der Waals surface area contributed by atoms with E-state index in [2.05, 4.69) is 0 Å². The van der Waals surface area contributed by atoms with E-state index in [1.807, 2.05) is 60.7 Å². The number of halogens is 2. The van der Waals surface area contributed by atoms with Crippen LogP contribution in [0.5, 0.6) is 0 Å². The van der Waals surface area contributed by atoms with Crippen LogP contribution >= 0.6 is 23.2 Å². The predicted octanol–water partition coefficient (Wildman–Crippen LogP) is 6.21. The van der Waals surface area contributed by atoms with Crippen LogP contribution in [0.4, 0.5) is 0 Å². The van der Waals surface area contributed by atoms with Gasteiger partial charge >= 0.3 is 0 Å². The van der Waals surface area contributed by atoms with Crippen LogP contribution in [0.1, 0.15) is 22.3 Å². The molecule has 0 fully saturated rings. The van der Waals surface area contributed by atoms with Gasteiger partial charge in [0.15, 0.2) is 0 Å². The molecular formula is C22H18Cl2N2. The van der Waals surface area contributed by atoms with Gasteiger partial charge in [0.25, 0.3) is 0 Å². The predicted molar refractivity (Wildman–Crippen MR) is 110 cm³/mol. The molecular weight excluding hydrogens is 363 g/mol. The van der Waals surface area contributed by atoms with Gasteiger partial charge in [0.2, 0.25) is 0 Å². The van der Waals surface area contributed by atoms with Crippen LogP contribution in [0, 0.1) is 10.8 Å². The lowest BCUT2D eigenvalue weighted by Crippen LogP contribution is -2.08. The standard InChI is InChI=1S/C22H18Cl2N2/c23-19-14-18(22(26)12-16-9-5-2-6-10-16)20(24)13-17(19)21(25)11-15-7-3-1-4-8-15/h1-10,13-14,25-26H,11-12H2. The lowest BCUT2D eigenvalue weighted by Gasteiger charge is -2.12. The smallest absolute Gasteiger partial charge is 0.0504 e. The molecule has 0 atom stereocenters. The van der Waals surface area contributed by atoms with Crippen LogP contribution in [0.2, 0.25) is 10.0 Å². The van der Waals surface area contributed by atoms with Crippen molar-refractivity contribution in [2.75, 3.05) is 0 Å². The summed E-state index contributed by atoms with van der Waals surface area (Å²) in [6.07, 6.45) is 0.968. The van der Waals surface area contributed by atoms with Gasteiger partial charge in [-0.05, 0) is 23.3 Å². The summed E-state index contributed by atoms with van der Waals surface area (Å²) >= 11 is 12.8. The second-order valence-electron chi connectivity index (χ2n) is 6.09. The van der Waals surface area contributed by atoms with E-state index < -0.39 is 0 Å². The topological polar surface area (TPSA) is 47.7 Å². The van der Waals surface area contributed by atoms with Gasteiger partial charge in [-0.25, -0.2) is 0 Å². The van der Waals surface area contributed by atoms with Crippen molar-refractivity contribution in [1.29, 1.82) is 10.8 Å². The largest absolute Gasteiger partial charge is 0.304 e. The molecule has 0 bridgehead atoms. The van der Waals surface area contributed by atoms with Gasteiger partial charge in [-0.15, -0.1) is 0 Å². The normalized spacial score (nSPS) is 10.5. The van der Waals surface area contributed by atoms with E-state index in [-0.39, 0.29) is 0 Å². The molecule has 2 N–H and O–H groups in total. The van der Waals surface area contributed by atoms with Crippen molar-refractivity contribution in [2.45, 2.75) is 12.8 Å². The molecule has 0 aliphatic heterocycles. The first kappa shape index (κ1) is 18.4. The summed E-state index contributed by atoms with van der Waals surface area (Å²) in [6.45, 7) is 0. The molecule has 0 unspecified atom stereocenters. The van der Waals surface area contributed by atoms with Crippen molar-refractivity contribution in [3.05, 3.63) is 105 Å². The molecule has 0 saturated heterocycles. The summed E-state index contributed by atoms with van der Waals surface area (Å²) in [4.78, 5) is 0. The van der Waals surface area contributed by atoms with Gasteiger partial charge in [-0.2, -0.15) is 0 Å². The third-order valence-corrected chi connectivity index (χ3v) is 4.78. The van der Waals surface area contributed by atoms with E-state index in [0.29, 0.717) is 45.4 Å². The molecule has 0 saturated carbocycles. The van der Waals surface area contributed by atoms with Crippen LogP contribution in [0.3, 0.4) is 0 Å². The number of hydrogen-bond acceptors (Lipinski definition) is 2. The van der Waals surface area contributed by atoms with E-state index in [0.717, 1.165) is 11.1 Å². The highest BCUT2D eigenvalue weighted by atomic mass is 35.5. The zero-order valence-corrected chi connectivity index (χ0v) is 15.6. The first-order valence-corrected chi connectivity index (χ1v) is 9.02. The lowest BCUT2D eigenvalue weighted by atomic mass is 9.97. The molecule has 0 amide bonds. The SMILES string of the molecule is N=C(Cc1ccccc1)c1cc(Cl)c(C(=N)Cc2ccccc2)cc1Cl. The summed E-state index contributed by atoms with van der Waals surface area (Å²) in [5.74, 6) is 0. The molecule has 0 spiro atoms. The monoisotopic (exact) mass is 380 g/mol. The molecule has 0 aliphatic rings. The van der Waals surface area contributed by atoms with Crippen molar-refractivity contribution in [3.63, 3.8) is 0 Å². The summed E-state index contributed by atoms with van der Waals surface area (Å²) in [6, 6.07) is 23.0. The first-order valence-electron chi connectivity index (χ1n) is 8.27. The highest BCUT2D eigenvalue weighted by molar-refractivity contribution is 6.38. The Hall–Kier alpha value is -2.42. The summed E-state index contributed by atoms with van der Waals surface area (Å²) < 4.78 is 0. The Morgan fingerprint density at radius 2 is 0.962 bits per heavy atom. The van der Waals surface area contributed by atoms with Gasteiger partial charge < -0.3 is 10.8 Å². The molecule has 4 heteroatoms. The van der Waals surface area contributed by atoms with Gasteiger partial charge in [0.1, 0.15) is 0 Å². The molecule has 0 radical (unpaired) electrons. The van der Waals surface area contributed by atoms with Crippen LogP contribution in [0.25, 0.3) is 0 Å². The average molecular weight is 381 g/mol. The Morgan fingerprint density at radius 1 is 0.615 bits per heavy atom. The van der Waals surface area contributed by atoms with E-state index in [1.54, 1.807) is 12.1 Å². The van der Waals surface area contributed by atoms with Gasteiger partial charge in [0, 0.05) is 35.4 Å². The second kappa shape index (κ2) is 8.31. The van der Waals surface area contributed by atoms with Crippen LogP contribution in [-0.4, -0.2) is 11.4 Å². The number of rotatable bonds is 6. The molecule has 3 aromatic carbocycles. The minimum absolute atomic E-state index is 0.407. The highest BCUT2D eigenvalue weighted by Crippen LogP contribution is 2.27. The average Bonchev–Trinajstić information content (AvgIpc) is 2.64. The fourth-order valence-electron chi connectivity index (χ4n) is 2.80. The first-order chi connectivity index (χ1) is 12.5. The van der Waals surface area contributed by atoms with Crippen molar-refractivity contribution >= 4 is 34.6 Å². The Morgan fingerprint density at radius 3 is 1.31 bits per heavy atom. The molecule has 2 nitrogen and oxygen atoms in total. The number of benzene rings is 3. The Bertz CT molecular complexity index is 856. The van der Waals surface area contributed by atoms with E-state index in [4.69, 9.17) is 34.0 Å². The summed E-state index contributed by atoms with van der Waals surface area (Å²) in [5, 5.41) is 17.6. The van der Waals surface area contributed by atoms with Crippen molar-refractivity contribution < 1.29 is 0 Å². The maximum absolute atomic E-state index is 8.37. The maximum Gasteiger partial charge on any atom is 0.0504 e. The van der Waals surface area contributed by atoms with Crippen LogP contribution in [0.15, 0.2) is 72.8 Å². The Kier molecular flexibility index (Phi) is 5.87. The Balaban J connectivity index is 1.81. The van der Waals surface area contributed by atoms with Crippen molar-refractivity contribution in [1.82, 2.24) is 0 Å². The van der Waals surface area contributed by atoms with Gasteiger partial charge in [-0.1, -0.05) is 83.9 Å². The van der Waals surface area contributed by atoms with Crippen LogP contribution < -0.4 is 0 Å². The highest BCUT2D eigenvalue weighted by Gasteiger charge is 2.15. The zero-order chi connectivity index (χ0) is 18.5. The number of hydrogen-bond donors (Lipinski definition) is 2. The van der Waals surface area contributed by atoms with Gasteiger partial charge in [0.05, 0.1) is 10.0 Å². The van der Waals surface area contributed by atoms with Gasteiger partial charge in [-0.3, -0.25) is 0 Å². The maximum atomic E-state index is 8.37. The van der Waals surface area contributed by atoms with Crippen molar-refractivity contribution in [2.24, 2.45) is 0 Å². The molecule has 0 heterocycles. The molecule has 3 aromatic rings.